The summed E-state index contributed by atoms with van der Waals surface area (Å²) >= 11 is 6.16. The number of unbranched alkanes of at least 4 members (excludes halogenated alkanes) is 1. The van der Waals surface area contributed by atoms with E-state index < -0.39 is 5.54 Å². The Kier molecular flexibility index (Phi) is 7.46. The second kappa shape index (κ2) is 9.60. The highest BCUT2D eigenvalue weighted by atomic mass is 35.5. The van der Waals surface area contributed by atoms with Crippen LogP contribution in [-0.4, -0.2) is 18.4 Å². The Morgan fingerprint density at radius 1 is 1.14 bits per heavy atom. The van der Waals surface area contributed by atoms with E-state index in [1.54, 1.807) is 30.3 Å². The van der Waals surface area contributed by atoms with Gasteiger partial charge in [-0.25, -0.2) is 4.79 Å². The molecule has 2 amide bonds. The number of nitrogens with one attached hydrogen (secondary N) is 2. The number of carbonyl (C=O) groups excluding carboxylic acids is 2. The molecule has 28 heavy (non-hydrogen) atoms. The first-order chi connectivity index (χ1) is 13.2. The maximum atomic E-state index is 12.5. The van der Waals surface area contributed by atoms with Crippen LogP contribution in [0.1, 0.15) is 56.5 Å². The van der Waals surface area contributed by atoms with Gasteiger partial charge in [-0.3, -0.25) is 4.79 Å². The average molecular weight is 403 g/mol. The third-order valence-corrected chi connectivity index (χ3v) is 4.67. The van der Waals surface area contributed by atoms with E-state index in [-0.39, 0.29) is 11.8 Å². The van der Waals surface area contributed by atoms with Crippen molar-refractivity contribution in [2.75, 3.05) is 11.9 Å². The fraction of sp³-hybridized carbons (Fsp3) is 0.364. The summed E-state index contributed by atoms with van der Waals surface area (Å²) in [5, 5.41) is 6.25. The summed E-state index contributed by atoms with van der Waals surface area (Å²) in [4.78, 5) is 24.1. The van der Waals surface area contributed by atoms with Crippen LogP contribution in [0, 0.1) is 0 Å². The quantitative estimate of drug-likeness (QED) is 0.434. The van der Waals surface area contributed by atoms with Crippen LogP contribution in [0.4, 0.5) is 10.5 Å². The largest absolute Gasteiger partial charge is 0.492 e. The van der Waals surface area contributed by atoms with Gasteiger partial charge in [0.1, 0.15) is 5.75 Å². The molecule has 2 N–H and O–H groups in total. The number of carbonyl (C=O) groups is 2. The molecule has 0 saturated heterocycles. The van der Waals surface area contributed by atoms with E-state index in [1.807, 2.05) is 26.0 Å². The van der Waals surface area contributed by atoms with Gasteiger partial charge in [-0.05, 0) is 51.0 Å². The molecule has 0 aromatic heterocycles. The molecule has 0 aliphatic carbocycles. The number of ether oxygens (including phenoxy) is 1. The predicted molar refractivity (Wildman–Crippen MR) is 113 cm³/mol. The van der Waals surface area contributed by atoms with Gasteiger partial charge < -0.3 is 15.4 Å². The van der Waals surface area contributed by atoms with Crippen LogP contribution in [0.25, 0.3) is 0 Å². The number of Topliss-reactive ketones (excluding diaryl/α,β-unsaturated/α-hetero) is 1. The monoisotopic (exact) mass is 402 g/mol. The van der Waals surface area contributed by atoms with Crippen LogP contribution >= 0.6 is 11.6 Å². The molecule has 0 heterocycles. The van der Waals surface area contributed by atoms with E-state index in [1.165, 1.54) is 6.92 Å². The first kappa shape index (κ1) is 21.8. The van der Waals surface area contributed by atoms with Gasteiger partial charge in [-0.2, -0.15) is 0 Å². The topological polar surface area (TPSA) is 67.4 Å². The zero-order valence-electron chi connectivity index (χ0n) is 16.8. The Morgan fingerprint density at radius 2 is 1.89 bits per heavy atom. The number of benzene rings is 2. The number of rotatable bonds is 8. The van der Waals surface area contributed by atoms with E-state index in [0.717, 1.165) is 18.4 Å². The highest BCUT2D eigenvalue weighted by Gasteiger charge is 2.23. The summed E-state index contributed by atoms with van der Waals surface area (Å²) in [5.41, 5.74) is 1.37. The van der Waals surface area contributed by atoms with Gasteiger partial charge in [0.25, 0.3) is 0 Å². The van der Waals surface area contributed by atoms with Crippen LogP contribution in [0.15, 0.2) is 42.5 Å². The fourth-order valence-corrected chi connectivity index (χ4v) is 2.84. The van der Waals surface area contributed by atoms with Crippen molar-refractivity contribution in [1.29, 1.82) is 0 Å². The number of anilines is 1. The van der Waals surface area contributed by atoms with Gasteiger partial charge >= 0.3 is 6.03 Å². The molecule has 0 radical (unpaired) electrons. The van der Waals surface area contributed by atoms with Crippen molar-refractivity contribution in [2.24, 2.45) is 0 Å². The third kappa shape index (κ3) is 5.99. The van der Waals surface area contributed by atoms with Crippen LogP contribution in [0.3, 0.4) is 0 Å². The highest BCUT2D eigenvalue weighted by Crippen LogP contribution is 2.28. The van der Waals surface area contributed by atoms with Gasteiger partial charge in [0.2, 0.25) is 0 Å². The Bertz CT molecular complexity index is 849. The van der Waals surface area contributed by atoms with Crippen LogP contribution in [0.2, 0.25) is 5.02 Å². The molecule has 2 aromatic carbocycles. The van der Waals surface area contributed by atoms with Crippen LogP contribution in [0.5, 0.6) is 5.75 Å². The minimum absolute atomic E-state index is 0.0149. The summed E-state index contributed by atoms with van der Waals surface area (Å²) in [6, 6.07) is 12.0. The number of halogens is 1. The number of hydrogen-bond donors (Lipinski definition) is 2. The first-order valence-electron chi connectivity index (χ1n) is 9.36. The van der Waals surface area contributed by atoms with Gasteiger partial charge in [-0.1, -0.05) is 43.1 Å². The molecule has 5 nitrogen and oxygen atoms in total. The lowest BCUT2D eigenvalue weighted by Gasteiger charge is -2.27. The second-order valence-electron chi connectivity index (χ2n) is 7.19. The smallest absolute Gasteiger partial charge is 0.319 e. The van der Waals surface area contributed by atoms with Gasteiger partial charge in [-0.15, -0.1) is 0 Å². The molecular formula is C22H27ClN2O3. The van der Waals surface area contributed by atoms with E-state index >= 15 is 0 Å². The van der Waals surface area contributed by atoms with Gasteiger partial charge in [0, 0.05) is 17.3 Å². The van der Waals surface area contributed by atoms with Crippen LogP contribution < -0.4 is 15.4 Å². The zero-order valence-corrected chi connectivity index (χ0v) is 17.5. The van der Waals surface area contributed by atoms with Gasteiger partial charge in [0.05, 0.1) is 17.2 Å². The fourth-order valence-electron chi connectivity index (χ4n) is 2.66. The lowest BCUT2D eigenvalue weighted by atomic mass is 9.92. The zero-order chi connectivity index (χ0) is 20.7. The Morgan fingerprint density at radius 3 is 2.57 bits per heavy atom. The Hall–Kier alpha value is -2.53. The molecule has 6 heteroatoms. The molecule has 2 aromatic rings. The van der Waals surface area contributed by atoms with Gasteiger partial charge in [0.15, 0.2) is 5.78 Å². The van der Waals surface area contributed by atoms with Crippen molar-refractivity contribution < 1.29 is 14.3 Å². The number of ketones is 1. The third-order valence-electron chi connectivity index (χ3n) is 4.36. The maximum absolute atomic E-state index is 12.5. The van der Waals surface area contributed by atoms with Crippen molar-refractivity contribution in [3.63, 3.8) is 0 Å². The molecule has 0 saturated carbocycles. The van der Waals surface area contributed by atoms with E-state index in [2.05, 4.69) is 17.6 Å². The molecule has 0 aliphatic heterocycles. The molecule has 0 spiro atoms. The van der Waals surface area contributed by atoms with Crippen LogP contribution in [-0.2, 0) is 5.54 Å². The number of amides is 2. The molecule has 2 rings (SSSR count). The van der Waals surface area contributed by atoms with E-state index in [0.29, 0.717) is 28.6 Å². The standard InChI is InChI=1S/C22H27ClN2O3/c1-5-6-12-28-20-14-18(10-11-19(20)23)24-21(27)25-22(3,4)17-9-7-8-16(13-17)15(2)26/h7-11,13-14H,5-6,12H2,1-4H3,(H2,24,25,27). The van der Waals surface area contributed by atoms with Crippen molar-refractivity contribution in [2.45, 2.75) is 46.1 Å². The van der Waals surface area contributed by atoms with E-state index in [9.17, 15) is 9.59 Å². The Balaban J connectivity index is 2.07. The summed E-state index contributed by atoms with van der Waals surface area (Å²) in [5.74, 6) is 0.528. The summed E-state index contributed by atoms with van der Waals surface area (Å²) in [6.07, 6.45) is 1.96. The molecule has 150 valence electrons. The van der Waals surface area contributed by atoms with Crippen molar-refractivity contribution in [3.05, 3.63) is 58.6 Å². The highest BCUT2D eigenvalue weighted by molar-refractivity contribution is 6.32. The average Bonchev–Trinajstić information content (AvgIpc) is 2.64. The summed E-state index contributed by atoms with van der Waals surface area (Å²) in [7, 11) is 0. The molecule has 0 fully saturated rings. The number of hydrogen-bond acceptors (Lipinski definition) is 3. The SMILES string of the molecule is CCCCOc1cc(NC(=O)NC(C)(C)c2cccc(C(C)=O)c2)ccc1Cl. The molecule has 0 atom stereocenters. The van der Waals surface area contributed by atoms with Crippen molar-refractivity contribution in [1.82, 2.24) is 5.32 Å². The second-order valence-corrected chi connectivity index (χ2v) is 7.60. The normalized spacial score (nSPS) is 11.0. The maximum Gasteiger partial charge on any atom is 0.319 e. The lowest BCUT2D eigenvalue weighted by molar-refractivity contribution is 0.101. The van der Waals surface area contributed by atoms with E-state index in [4.69, 9.17) is 16.3 Å². The van der Waals surface area contributed by atoms with Crippen molar-refractivity contribution in [3.8, 4) is 5.75 Å². The molecule has 0 aliphatic rings. The molecule has 0 unspecified atom stereocenters. The first-order valence-corrected chi connectivity index (χ1v) is 9.73. The lowest BCUT2D eigenvalue weighted by Crippen LogP contribution is -2.43. The number of urea groups is 1. The minimum Gasteiger partial charge on any atom is -0.492 e. The summed E-state index contributed by atoms with van der Waals surface area (Å²) < 4.78 is 5.67. The van der Waals surface area contributed by atoms with Crippen molar-refractivity contribution >= 4 is 29.1 Å². The predicted octanol–water partition coefficient (Wildman–Crippen LogP) is 5.78. The minimum atomic E-state index is -0.664. The summed E-state index contributed by atoms with van der Waals surface area (Å²) in [6.45, 7) is 7.94. The molecule has 0 bridgehead atoms. The Labute approximate surface area is 171 Å². The molecular weight excluding hydrogens is 376 g/mol.